The highest BCUT2D eigenvalue weighted by Crippen LogP contribution is 2.63. The molecule has 128 valence electrons. The van der Waals surface area contributed by atoms with Crippen molar-refractivity contribution >= 4 is 27.5 Å². The Bertz CT molecular complexity index is 711. The summed E-state index contributed by atoms with van der Waals surface area (Å²) >= 11 is 4.01. The average molecular weight is 390 g/mol. The first-order chi connectivity index (χ1) is 11.5. The summed E-state index contributed by atoms with van der Waals surface area (Å²) < 4.78 is 5.90. The highest BCUT2D eigenvalue weighted by molar-refractivity contribution is 9.09. The normalized spacial score (nSPS) is 37.6. The molecule has 0 radical (unpaired) electrons. The monoisotopic (exact) mass is 389 g/mol. The summed E-state index contributed by atoms with van der Waals surface area (Å²) in [5, 5.41) is 0. The maximum absolute atomic E-state index is 6.18. The molecule has 1 heterocycles. The van der Waals surface area contributed by atoms with Gasteiger partial charge in [-0.15, -0.1) is 0 Å². The molecule has 2 spiro atoms. The Kier molecular flexibility index (Phi) is 3.84. The van der Waals surface area contributed by atoms with Gasteiger partial charge in [0.05, 0.1) is 11.8 Å². The van der Waals surface area contributed by atoms with Crippen LogP contribution in [0, 0.1) is 5.41 Å². The number of hydrogen-bond donors (Lipinski definition) is 1. The Labute approximate surface area is 151 Å². The van der Waals surface area contributed by atoms with Crippen LogP contribution in [0.15, 0.2) is 34.3 Å². The predicted molar refractivity (Wildman–Crippen MR) is 101 cm³/mol. The van der Waals surface area contributed by atoms with Gasteiger partial charge < -0.3 is 10.5 Å². The van der Waals surface area contributed by atoms with Gasteiger partial charge >= 0.3 is 0 Å². The first kappa shape index (κ1) is 16.3. The second-order valence-corrected chi connectivity index (χ2v) is 8.28. The standard InChI is InChI=1S/C19H24BrN3O/c1-3-24-14-8-9-18(16(20)10-14)11-13-6-4-5-7-15(13)19(18)22-12(2)17(21)23-19/h4-7,14,16H,3,8-11H2,1-2H3,(H2,21,23)/t14-,16?,18+,19?/m1/s1. The summed E-state index contributed by atoms with van der Waals surface area (Å²) in [5.41, 5.74) is 8.99. The van der Waals surface area contributed by atoms with Gasteiger partial charge in [-0.3, -0.25) is 4.99 Å². The van der Waals surface area contributed by atoms with Crippen molar-refractivity contribution < 1.29 is 4.74 Å². The molecule has 1 aromatic rings. The minimum absolute atomic E-state index is 0.0628. The van der Waals surface area contributed by atoms with E-state index in [1.54, 1.807) is 0 Å². The summed E-state index contributed by atoms with van der Waals surface area (Å²) in [6, 6.07) is 8.59. The van der Waals surface area contributed by atoms with Gasteiger partial charge in [0.2, 0.25) is 0 Å². The van der Waals surface area contributed by atoms with Gasteiger partial charge in [-0.25, -0.2) is 4.99 Å². The van der Waals surface area contributed by atoms with E-state index in [4.69, 9.17) is 20.5 Å². The predicted octanol–water partition coefficient (Wildman–Crippen LogP) is 3.57. The fraction of sp³-hybridized carbons (Fsp3) is 0.579. The Morgan fingerprint density at radius 2 is 2.12 bits per heavy atom. The summed E-state index contributed by atoms with van der Waals surface area (Å²) in [4.78, 5) is 10.3. The third-order valence-electron chi connectivity index (χ3n) is 5.96. The number of nitrogens with two attached hydrogens (primary N) is 1. The third kappa shape index (κ3) is 2.07. The fourth-order valence-electron chi connectivity index (χ4n) is 4.80. The molecule has 24 heavy (non-hydrogen) atoms. The van der Waals surface area contributed by atoms with Gasteiger partial charge in [-0.05, 0) is 45.1 Å². The van der Waals surface area contributed by atoms with Crippen molar-refractivity contribution in [2.24, 2.45) is 21.1 Å². The quantitative estimate of drug-likeness (QED) is 0.785. The Balaban J connectivity index is 1.82. The Morgan fingerprint density at radius 3 is 2.79 bits per heavy atom. The molecule has 1 aromatic carbocycles. The van der Waals surface area contributed by atoms with Crippen LogP contribution in [-0.2, 0) is 16.8 Å². The number of alkyl halides is 1. The number of halogens is 1. The minimum Gasteiger partial charge on any atom is -0.382 e. The molecule has 1 fully saturated rings. The number of aliphatic imine (C=N–C) groups is 2. The van der Waals surface area contributed by atoms with Crippen LogP contribution in [0.1, 0.15) is 44.2 Å². The highest BCUT2D eigenvalue weighted by Gasteiger charge is 2.64. The van der Waals surface area contributed by atoms with Crippen molar-refractivity contribution in [3.63, 3.8) is 0 Å². The average Bonchev–Trinajstić information content (AvgIpc) is 3.00. The second kappa shape index (κ2) is 5.67. The van der Waals surface area contributed by atoms with Gasteiger partial charge in [-0.1, -0.05) is 40.2 Å². The Morgan fingerprint density at radius 1 is 1.33 bits per heavy atom. The first-order valence-electron chi connectivity index (χ1n) is 8.78. The SMILES string of the molecule is CCO[C@@H]1CC[C@]2(Cc3ccccc3C23N=C(C)C(N)=N3)C(Br)C1. The minimum atomic E-state index is -0.566. The molecule has 2 N–H and O–H groups in total. The van der Waals surface area contributed by atoms with Crippen LogP contribution in [0.5, 0.6) is 0 Å². The van der Waals surface area contributed by atoms with E-state index in [1.165, 1.54) is 11.1 Å². The van der Waals surface area contributed by atoms with Crippen LogP contribution in [0.4, 0.5) is 0 Å². The fourth-order valence-corrected chi connectivity index (χ4v) is 5.92. The van der Waals surface area contributed by atoms with E-state index in [0.29, 0.717) is 16.8 Å². The zero-order valence-electron chi connectivity index (χ0n) is 14.3. The number of ether oxygens (including phenoxy) is 1. The van der Waals surface area contributed by atoms with Gasteiger partial charge in [0.1, 0.15) is 5.84 Å². The van der Waals surface area contributed by atoms with Gasteiger partial charge in [0.15, 0.2) is 5.66 Å². The number of rotatable bonds is 2. The van der Waals surface area contributed by atoms with Crippen LogP contribution in [0.3, 0.4) is 0 Å². The molecule has 2 aliphatic carbocycles. The molecule has 0 saturated heterocycles. The smallest absolute Gasteiger partial charge is 0.185 e. The van der Waals surface area contributed by atoms with Crippen molar-refractivity contribution in [2.45, 2.75) is 56.1 Å². The van der Waals surface area contributed by atoms with E-state index in [1.807, 2.05) is 6.92 Å². The Hall–Kier alpha value is -1.20. The molecule has 0 aromatic heterocycles. The van der Waals surface area contributed by atoms with Crippen LogP contribution >= 0.6 is 15.9 Å². The summed E-state index contributed by atoms with van der Waals surface area (Å²) in [6.07, 6.45) is 4.39. The zero-order valence-corrected chi connectivity index (χ0v) is 15.8. The summed E-state index contributed by atoms with van der Waals surface area (Å²) in [5.74, 6) is 0.581. The topological polar surface area (TPSA) is 60.0 Å². The third-order valence-corrected chi connectivity index (χ3v) is 7.21. The van der Waals surface area contributed by atoms with E-state index in [9.17, 15) is 0 Å². The molecule has 0 amide bonds. The van der Waals surface area contributed by atoms with Gasteiger partial charge in [-0.2, -0.15) is 0 Å². The molecule has 2 unspecified atom stereocenters. The van der Waals surface area contributed by atoms with E-state index >= 15 is 0 Å². The zero-order chi connectivity index (χ0) is 16.9. The molecule has 5 heteroatoms. The molecule has 4 atom stereocenters. The number of amidine groups is 1. The molecule has 1 aliphatic heterocycles. The van der Waals surface area contributed by atoms with Crippen molar-refractivity contribution in [1.29, 1.82) is 0 Å². The molecule has 3 aliphatic rings. The van der Waals surface area contributed by atoms with E-state index < -0.39 is 5.66 Å². The largest absolute Gasteiger partial charge is 0.382 e. The number of fused-ring (bicyclic) bond motifs is 3. The van der Waals surface area contributed by atoms with E-state index in [0.717, 1.165) is 38.0 Å². The van der Waals surface area contributed by atoms with E-state index in [2.05, 4.69) is 47.1 Å². The van der Waals surface area contributed by atoms with Crippen molar-refractivity contribution in [3.05, 3.63) is 35.4 Å². The van der Waals surface area contributed by atoms with Crippen LogP contribution in [0.25, 0.3) is 0 Å². The lowest BCUT2D eigenvalue weighted by Crippen LogP contribution is -2.50. The number of nitrogens with zero attached hydrogens (tertiary/aromatic N) is 2. The van der Waals surface area contributed by atoms with Crippen molar-refractivity contribution in [1.82, 2.24) is 0 Å². The number of hydrogen-bond acceptors (Lipinski definition) is 4. The molecular weight excluding hydrogens is 366 g/mol. The lowest BCUT2D eigenvalue weighted by atomic mass is 9.65. The van der Waals surface area contributed by atoms with Gasteiger partial charge in [0.25, 0.3) is 0 Å². The highest BCUT2D eigenvalue weighted by atomic mass is 79.9. The van der Waals surface area contributed by atoms with Crippen LogP contribution < -0.4 is 5.73 Å². The maximum atomic E-state index is 6.18. The second-order valence-electron chi connectivity index (χ2n) is 7.18. The van der Waals surface area contributed by atoms with Crippen molar-refractivity contribution in [2.75, 3.05) is 6.61 Å². The number of benzene rings is 1. The molecule has 4 rings (SSSR count). The molecule has 0 bridgehead atoms. The maximum Gasteiger partial charge on any atom is 0.185 e. The molecule has 4 nitrogen and oxygen atoms in total. The lowest BCUT2D eigenvalue weighted by molar-refractivity contribution is -0.0119. The van der Waals surface area contributed by atoms with E-state index in [-0.39, 0.29) is 5.41 Å². The first-order valence-corrected chi connectivity index (χ1v) is 9.70. The lowest BCUT2D eigenvalue weighted by Gasteiger charge is -2.48. The molecule has 1 saturated carbocycles. The molecular formula is C19H24BrN3O. The summed E-state index contributed by atoms with van der Waals surface area (Å²) in [7, 11) is 0. The summed E-state index contributed by atoms with van der Waals surface area (Å²) in [6.45, 7) is 4.80. The van der Waals surface area contributed by atoms with Gasteiger partial charge in [0, 0.05) is 22.4 Å². The van der Waals surface area contributed by atoms with Crippen LogP contribution in [0.2, 0.25) is 0 Å². The van der Waals surface area contributed by atoms with Crippen LogP contribution in [-0.4, -0.2) is 29.1 Å². The van der Waals surface area contributed by atoms with Crippen molar-refractivity contribution in [3.8, 4) is 0 Å².